The monoisotopic (exact) mass is 515 g/mol. The van der Waals surface area contributed by atoms with Crippen LogP contribution in [0, 0.1) is 17.1 Å². The maximum atomic E-state index is 13.4. The van der Waals surface area contributed by atoms with E-state index in [9.17, 15) is 9.65 Å². The number of rotatable bonds is 5. The van der Waals surface area contributed by atoms with E-state index in [0.29, 0.717) is 44.8 Å². The maximum absolute atomic E-state index is 13.4. The van der Waals surface area contributed by atoms with E-state index in [4.69, 9.17) is 27.9 Å². The third kappa shape index (κ3) is 4.91. The van der Waals surface area contributed by atoms with E-state index in [1.165, 1.54) is 12.1 Å². The Labute approximate surface area is 196 Å². The van der Waals surface area contributed by atoms with Crippen molar-refractivity contribution >= 4 is 61.8 Å². The first kappa shape index (κ1) is 21.4. The van der Waals surface area contributed by atoms with Crippen molar-refractivity contribution in [2.24, 2.45) is 0 Å². The summed E-state index contributed by atoms with van der Waals surface area (Å²) in [6.45, 7) is 0.306. The predicted molar refractivity (Wildman–Crippen MR) is 124 cm³/mol. The van der Waals surface area contributed by atoms with Crippen LogP contribution in [0.4, 0.5) is 4.39 Å². The summed E-state index contributed by atoms with van der Waals surface area (Å²) in [5, 5.41) is 10.2. The number of ether oxygens (including phenoxy) is 1. The van der Waals surface area contributed by atoms with Crippen molar-refractivity contribution in [1.29, 1.82) is 5.26 Å². The molecule has 1 heterocycles. The molecule has 8 heteroatoms. The number of aromatic nitrogens is 2. The molecule has 0 radical (unpaired) electrons. The second-order valence-corrected chi connectivity index (χ2v) is 8.38. The van der Waals surface area contributed by atoms with Crippen LogP contribution in [0.2, 0.25) is 10.0 Å². The molecule has 4 rings (SSSR count). The Morgan fingerprint density at radius 3 is 2.52 bits per heavy atom. The lowest BCUT2D eigenvalue weighted by atomic mass is 10.1. The Hall–Kier alpha value is -2.85. The second-order valence-electron chi connectivity index (χ2n) is 6.65. The summed E-state index contributed by atoms with van der Waals surface area (Å²) in [6.07, 6.45) is 1.60. The second kappa shape index (κ2) is 9.11. The summed E-state index contributed by atoms with van der Waals surface area (Å²) in [7, 11) is 0. The molecule has 0 amide bonds. The van der Waals surface area contributed by atoms with Crippen molar-refractivity contribution in [1.82, 2.24) is 9.97 Å². The molecule has 4 nitrogen and oxygen atoms in total. The molecular weight excluding hydrogens is 504 g/mol. The standard InChI is InChI=1S/C23H13BrCl2FN3O/c24-16-3-1-13(2-4-16)12-31-22-18(25)8-14(9-19(22)26)7-15(11-28)23-29-20-6-5-17(27)10-21(20)30-23/h1-10H,12H2,(H,29,30)/b15-7-. The maximum Gasteiger partial charge on any atom is 0.157 e. The zero-order valence-corrected chi connectivity index (χ0v) is 18.9. The number of H-pyrrole nitrogens is 1. The van der Waals surface area contributed by atoms with E-state index in [1.807, 2.05) is 24.3 Å². The minimum Gasteiger partial charge on any atom is -0.486 e. The van der Waals surface area contributed by atoms with Gasteiger partial charge in [0.2, 0.25) is 0 Å². The highest BCUT2D eigenvalue weighted by molar-refractivity contribution is 9.10. The number of halogens is 4. The number of fused-ring (bicyclic) bond motifs is 1. The van der Waals surface area contributed by atoms with Gasteiger partial charge in [-0.1, -0.05) is 51.3 Å². The molecule has 0 aliphatic rings. The van der Waals surface area contributed by atoms with Crippen LogP contribution in [-0.2, 0) is 6.61 Å². The Bertz CT molecular complexity index is 1320. The molecule has 31 heavy (non-hydrogen) atoms. The van der Waals surface area contributed by atoms with Crippen molar-refractivity contribution in [2.45, 2.75) is 6.61 Å². The van der Waals surface area contributed by atoms with E-state index >= 15 is 0 Å². The van der Waals surface area contributed by atoms with E-state index < -0.39 is 0 Å². The van der Waals surface area contributed by atoms with Gasteiger partial charge in [0.15, 0.2) is 5.75 Å². The average molecular weight is 517 g/mol. The summed E-state index contributed by atoms with van der Waals surface area (Å²) in [5.41, 5.74) is 2.89. The number of aromatic amines is 1. The Morgan fingerprint density at radius 1 is 1.13 bits per heavy atom. The van der Waals surface area contributed by atoms with Crippen LogP contribution in [0.1, 0.15) is 17.0 Å². The summed E-state index contributed by atoms with van der Waals surface area (Å²) >= 11 is 16.2. The molecule has 0 unspecified atom stereocenters. The summed E-state index contributed by atoms with van der Waals surface area (Å²) in [6, 6.07) is 17.3. The molecule has 4 aromatic rings. The number of nitrogens with one attached hydrogen (secondary N) is 1. The number of benzene rings is 3. The van der Waals surface area contributed by atoms with Gasteiger partial charge in [-0.2, -0.15) is 5.26 Å². The molecule has 0 saturated carbocycles. The molecule has 0 aliphatic carbocycles. The van der Waals surface area contributed by atoms with Gasteiger partial charge < -0.3 is 9.72 Å². The molecule has 3 aromatic carbocycles. The number of nitriles is 1. The first-order valence-electron chi connectivity index (χ1n) is 9.06. The van der Waals surface area contributed by atoms with E-state index in [-0.39, 0.29) is 11.4 Å². The molecule has 0 fully saturated rings. The van der Waals surface area contributed by atoms with Crippen LogP contribution in [0.25, 0.3) is 22.7 Å². The predicted octanol–water partition coefficient (Wildman–Crippen LogP) is 7.41. The molecule has 154 valence electrons. The van der Waals surface area contributed by atoms with E-state index in [0.717, 1.165) is 10.0 Å². The lowest BCUT2D eigenvalue weighted by Crippen LogP contribution is -1.97. The number of imidazole rings is 1. The van der Waals surface area contributed by atoms with Crippen LogP contribution in [0.15, 0.2) is 59.1 Å². The van der Waals surface area contributed by atoms with Gasteiger partial charge >= 0.3 is 0 Å². The number of allylic oxidation sites excluding steroid dienone is 1. The first-order valence-corrected chi connectivity index (χ1v) is 10.6. The highest BCUT2D eigenvalue weighted by atomic mass is 79.9. The van der Waals surface area contributed by atoms with Crippen LogP contribution in [-0.4, -0.2) is 9.97 Å². The minimum absolute atomic E-state index is 0.257. The molecule has 0 saturated heterocycles. The number of hydrogen-bond acceptors (Lipinski definition) is 3. The molecule has 0 atom stereocenters. The van der Waals surface area contributed by atoms with E-state index in [2.05, 4.69) is 32.0 Å². The Kier molecular flexibility index (Phi) is 6.28. The van der Waals surface area contributed by atoms with Gasteiger partial charge in [0.1, 0.15) is 24.3 Å². The van der Waals surface area contributed by atoms with Crippen LogP contribution in [0.3, 0.4) is 0 Å². The molecule has 1 aromatic heterocycles. The normalized spacial score (nSPS) is 11.5. The van der Waals surface area contributed by atoms with Gasteiger partial charge in [0, 0.05) is 4.47 Å². The fraction of sp³-hybridized carbons (Fsp3) is 0.0435. The van der Waals surface area contributed by atoms with Crippen molar-refractivity contribution in [3.05, 3.63) is 91.9 Å². The SMILES string of the molecule is N#C/C(=C/c1cc(Cl)c(OCc2ccc(Br)cc2)c(Cl)c1)c1nc2ccc(F)cc2[nH]1. The third-order valence-corrected chi connectivity index (χ3v) is 5.54. The molecule has 0 bridgehead atoms. The highest BCUT2D eigenvalue weighted by Crippen LogP contribution is 2.36. The zero-order valence-electron chi connectivity index (χ0n) is 15.8. The minimum atomic E-state index is -0.387. The fourth-order valence-corrected chi connectivity index (χ4v) is 3.84. The third-order valence-electron chi connectivity index (χ3n) is 4.45. The largest absolute Gasteiger partial charge is 0.486 e. The van der Waals surface area contributed by atoms with Crippen molar-refractivity contribution in [2.75, 3.05) is 0 Å². The van der Waals surface area contributed by atoms with Crippen LogP contribution < -0.4 is 4.74 Å². The smallest absolute Gasteiger partial charge is 0.157 e. The van der Waals surface area contributed by atoms with Crippen LogP contribution in [0.5, 0.6) is 5.75 Å². The molecular formula is C23H13BrCl2FN3O. The van der Waals surface area contributed by atoms with Crippen molar-refractivity contribution < 1.29 is 9.13 Å². The quantitative estimate of drug-likeness (QED) is 0.281. The topological polar surface area (TPSA) is 61.7 Å². The van der Waals surface area contributed by atoms with Crippen molar-refractivity contribution in [3.63, 3.8) is 0 Å². The number of hydrogen-bond donors (Lipinski definition) is 1. The Morgan fingerprint density at radius 2 is 1.84 bits per heavy atom. The van der Waals surface area contributed by atoms with E-state index in [1.54, 1.807) is 24.3 Å². The fourth-order valence-electron chi connectivity index (χ4n) is 2.97. The summed E-state index contributed by atoms with van der Waals surface area (Å²) in [5.74, 6) is 0.300. The van der Waals surface area contributed by atoms with Gasteiger partial charge in [-0.25, -0.2) is 9.37 Å². The molecule has 0 aliphatic heterocycles. The number of nitrogens with zero attached hydrogens (tertiary/aromatic N) is 2. The van der Waals surface area contributed by atoms with Gasteiger partial charge in [-0.3, -0.25) is 0 Å². The lowest BCUT2D eigenvalue weighted by molar-refractivity contribution is 0.306. The van der Waals surface area contributed by atoms with Gasteiger partial charge in [-0.05, 0) is 59.7 Å². The van der Waals surface area contributed by atoms with Crippen LogP contribution >= 0.6 is 39.1 Å². The van der Waals surface area contributed by atoms with Gasteiger partial charge in [-0.15, -0.1) is 0 Å². The Balaban J connectivity index is 1.60. The zero-order chi connectivity index (χ0) is 22.0. The summed E-state index contributed by atoms with van der Waals surface area (Å²) in [4.78, 5) is 7.30. The molecule has 1 N–H and O–H groups in total. The average Bonchev–Trinajstić information content (AvgIpc) is 3.15. The lowest BCUT2D eigenvalue weighted by Gasteiger charge is -2.11. The summed E-state index contributed by atoms with van der Waals surface area (Å²) < 4.78 is 20.2. The van der Waals surface area contributed by atoms with Crippen molar-refractivity contribution in [3.8, 4) is 11.8 Å². The van der Waals surface area contributed by atoms with Gasteiger partial charge in [0.25, 0.3) is 0 Å². The first-order chi connectivity index (χ1) is 14.9. The van der Waals surface area contributed by atoms with Gasteiger partial charge in [0.05, 0.1) is 26.7 Å². The molecule has 0 spiro atoms. The highest BCUT2D eigenvalue weighted by Gasteiger charge is 2.13.